The summed E-state index contributed by atoms with van der Waals surface area (Å²) in [6.07, 6.45) is 3.73. The van der Waals surface area contributed by atoms with Gasteiger partial charge in [0.15, 0.2) is 11.4 Å². The number of benzene rings is 1. The summed E-state index contributed by atoms with van der Waals surface area (Å²) in [6, 6.07) is 10.7. The van der Waals surface area contributed by atoms with Crippen LogP contribution in [0.2, 0.25) is 0 Å². The molecule has 4 aromatic rings. The number of nitrogens with zero attached hydrogens (tertiary/aromatic N) is 7. The number of rotatable bonds is 5. The van der Waals surface area contributed by atoms with Gasteiger partial charge in [0.25, 0.3) is 5.91 Å². The summed E-state index contributed by atoms with van der Waals surface area (Å²) in [6.45, 7) is 0.449. The van der Waals surface area contributed by atoms with E-state index in [1.807, 2.05) is 24.7 Å². The largest absolute Gasteiger partial charge is 0.375 e. The fourth-order valence-electron chi connectivity index (χ4n) is 3.86. The van der Waals surface area contributed by atoms with Crippen LogP contribution in [0, 0.1) is 11.3 Å². The first kappa shape index (κ1) is 21.7. The fourth-order valence-corrected chi connectivity index (χ4v) is 4.66. The van der Waals surface area contributed by atoms with Crippen LogP contribution in [0.1, 0.15) is 17.5 Å². The molecule has 10 nitrogen and oxygen atoms in total. The Labute approximate surface area is 199 Å². The molecular formula is C23H20N8O2S. The second-order valence-corrected chi connectivity index (χ2v) is 8.91. The van der Waals surface area contributed by atoms with Crippen molar-refractivity contribution in [2.24, 2.45) is 7.05 Å². The first-order valence-corrected chi connectivity index (χ1v) is 11.3. The number of thiazole rings is 1. The maximum atomic E-state index is 12.6. The minimum atomic E-state index is -1.64. The Morgan fingerprint density at radius 3 is 2.76 bits per heavy atom. The number of hydrogen-bond donors (Lipinski definition) is 2. The van der Waals surface area contributed by atoms with E-state index in [0.29, 0.717) is 51.4 Å². The number of carbonyl (C=O) groups excluding carboxylic acids is 1. The number of hydrogen-bond acceptors (Lipinski definition) is 9. The van der Waals surface area contributed by atoms with E-state index in [-0.39, 0.29) is 12.3 Å². The summed E-state index contributed by atoms with van der Waals surface area (Å²) in [5.74, 6) is 0.652. The molecule has 0 spiro atoms. The third-order valence-electron chi connectivity index (χ3n) is 5.68. The van der Waals surface area contributed by atoms with E-state index in [1.54, 1.807) is 42.2 Å². The predicted octanol–water partition coefficient (Wildman–Crippen LogP) is 2.67. The molecule has 1 fully saturated rings. The molecule has 0 saturated carbocycles. The topological polar surface area (TPSA) is 133 Å². The molecule has 1 atom stereocenters. The van der Waals surface area contributed by atoms with Gasteiger partial charge in [0.05, 0.1) is 17.3 Å². The van der Waals surface area contributed by atoms with Crippen LogP contribution in [0.5, 0.6) is 0 Å². The van der Waals surface area contributed by atoms with Crippen molar-refractivity contribution in [1.82, 2.24) is 29.6 Å². The highest BCUT2D eigenvalue weighted by Crippen LogP contribution is 2.36. The molecule has 2 N–H and O–H groups in total. The maximum Gasteiger partial charge on any atom is 0.258 e. The van der Waals surface area contributed by atoms with Gasteiger partial charge in [-0.15, -0.1) is 11.3 Å². The number of aromatic nitrogens is 5. The van der Waals surface area contributed by atoms with Crippen molar-refractivity contribution in [2.45, 2.75) is 12.0 Å². The SMILES string of the molecule is CN1CCC(O)(c2cc(C#N)cc(-c3csc(-c4ccnc(Nc5ccn(C)n5)n4)n3)c2)C1=O. The highest BCUT2D eigenvalue weighted by molar-refractivity contribution is 7.13. The number of carbonyl (C=O) groups is 1. The molecule has 1 aliphatic heterocycles. The van der Waals surface area contributed by atoms with Crippen molar-refractivity contribution >= 4 is 29.0 Å². The van der Waals surface area contributed by atoms with E-state index in [0.717, 1.165) is 0 Å². The van der Waals surface area contributed by atoms with Crippen LogP contribution in [0.4, 0.5) is 11.8 Å². The first-order chi connectivity index (χ1) is 16.4. The van der Waals surface area contributed by atoms with Crippen LogP contribution in [-0.4, -0.2) is 54.2 Å². The van der Waals surface area contributed by atoms with E-state index in [9.17, 15) is 15.2 Å². The van der Waals surface area contributed by atoms with Gasteiger partial charge in [-0.05, 0) is 29.8 Å². The Balaban J connectivity index is 1.47. The number of amides is 1. The van der Waals surface area contributed by atoms with Crippen molar-refractivity contribution in [3.63, 3.8) is 0 Å². The Kier molecular flexibility index (Phi) is 5.31. The molecule has 11 heteroatoms. The van der Waals surface area contributed by atoms with Crippen LogP contribution in [-0.2, 0) is 17.4 Å². The van der Waals surface area contributed by atoms with Gasteiger partial charge in [-0.1, -0.05) is 0 Å². The Hall–Kier alpha value is -4.14. The van der Waals surface area contributed by atoms with Gasteiger partial charge in [-0.3, -0.25) is 9.48 Å². The lowest BCUT2D eigenvalue weighted by Crippen LogP contribution is -2.36. The zero-order valence-corrected chi connectivity index (χ0v) is 19.2. The number of aliphatic hydroxyl groups is 1. The van der Waals surface area contributed by atoms with Gasteiger partial charge in [-0.25, -0.2) is 15.0 Å². The molecule has 0 aliphatic carbocycles. The molecule has 3 aromatic heterocycles. The minimum Gasteiger partial charge on any atom is -0.375 e. The van der Waals surface area contributed by atoms with Crippen molar-refractivity contribution in [3.05, 3.63) is 59.2 Å². The molecule has 1 saturated heterocycles. The number of anilines is 2. The fraction of sp³-hybridized carbons (Fsp3) is 0.217. The van der Waals surface area contributed by atoms with Crippen molar-refractivity contribution < 1.29 is 9.90 Å². The van der Waals surface area contributed by atoms with Gasteiger partial charge in [-0.2, -0.15) is 10.4 Å². The molecule has 170 valence electrons. The first-order valence-electron chi connectivity index (χ1n) is 10.5. The second-order valence-electron chi connectivity index (χ2n) is 8.05. The second kappa shape index (κ2) is 8.33. The monoisotopic (exact) mass is 472 g/mol. The Morgan fingerprint density at radius 2 is 2.06 bits per heavy atom. The Morgan fingerprint density at radius 1 is 1.21 bits per heavy atom. The van der Waals surface area contributed by atoms with Gasteiger partial charge in [0, 0.05) is 56.5 Å². The smallest absolute Gasteiger partial charge is 0.258 e. The third kappa shape index (κ3) is 3.89. The number of aryl methyl sites for hydroxylation is 1. The maximum absolute atomic E-state index is 12.6. The lowest BCUT2D eigenvalue weighted by atomic mass is 9.89. The molecule has 0 radical (unpaired) electrons. The van der Waals surface area contributed by atoms with Crippen LogP contribution < -0.4 is 5.32 Å². The summed E-state index contributed by atoms with van der Waals surface area (Å²) in [5.41, 5.74) is 1.00. The molecule has 5 rings (SSSR count). The zero-order chi connectivity index (χ0) is 23.9. The van der Waals surface area contributed by atoms with Gasteiger partial charge >= 0.3 is 0 Å². The lowest BCUT2D eigenvalue weighted by molar-refractivity contribution is -0.143. The number of nitriles is 1. The average Bonchev–Trinajstić information content (AvgIpc) is 3.56. The highest BCUT2D eigenvalue weighted by Gasteiger charge is 2.45. The van der Waals surface area contributed by atoms with E-state index in [1.165, 1.54) is 16.2 Å². The molecule has 1 amide bonds. The van der Waals surface area contributed by atoms with Crippen molar-refractivity contribution in [2.75, 3.05) is 18.9 Å². The number of nitrogens with one attached hydrogen (secondary N) is 1. The molecular weight excluding hydrogens is 452 g/mol. The van der Waals surface area contributed by atoms with Gasteiger partial charge in [0.2, 0.25) is 5.95 Å². The van der Waals surface area contributed by atoms with E-state index in [4.69, 9.17) is 4.98 Å². The van der Waals surface area contributed by atoms with Crippen molar-refractivity contribution in [1.29, 1.82) is 5.26 Å². The van der Waals surface area contributed by atoms with E-state index in [2.05, 4.69) is 26.5 Å². The van der Waals surface area contributed by atoms with Crippen LogP contribution in [0.25, 0.3) is 22.0 Å². The molecule has 1 aromatic carbocycles. The zero-order valence-electron chi connectivity index (χ0n) is 18.4. The van der Waals surface area contributed by atoms with Crippen molar-refractivity contribution in [3.8, 4) is 28.0 Å². The summed E-state index contributed by atoms with van der Waals surface area (Å²) in [4.78, 5) is 27.5. The van der Waals surface area contributed by atoms with Crippen LogP contribution >= 0.6 is 11.3 Å². The summed E-state index contributed by atoms with van der Waals surface area (Å²) in [5, 5.41) is 30.5. The summed E-state index contributed by atoms with van der Waals surface area (Å²) < 4.78 is 1.68. The lowest BCUT2D eigenvalue weighted by Gasteiger charge is -2.22. The van der Waals surface area contributed by atoms with E-state index < -0.39 is 5.60 Å². The standard InChI is InChI=1S/C23H20N8O2S/c1-30-8-5-23(33,21(30)32)16-10-14(12-24)9-15(11-16)18-13-34-20(26-18)17-3-6-25-22(27-17)28-19-4-7-31(2)29-19/h3-4,6-7,9-11,13,33H,5,8H2,1-2H3,(H,25,27,28,29). The van der Waals surface area contributed by atoms with Gasteiger partial charge < -0.3 is 15.3 Å². The molecule has 34 heavy (non-hydrogen) atoms. The molecule has 4 heterocycles. The summed E-state index contributed by atoms with van der Waals surface area (Å²) >= 11 is 1.40. The Bertz CT molecular complexity index is 1440. The average molecular weight is 473 g/mol. The number of likely N-dealkylation sites (N-methyl/N-ethyl adjacent to an activating group) is 1. The normalized spacial score (nSPS) is 17.7. The molecule has 1 unspecified atom stereocenters. The van der Waals surface area contributed by atoms with E-state index >= 15 is 0 Å². The predicted molar refractivity (Wildman–Crippen MR) is 126 cm³/mol. The quantitative estimate of drug-likeness (QED) is 0.453. The molecule has 0 bridgehead atoms. The summed E-state index contributed by atoms with van der Waals surface area (Å²) in [7, 11) is 3.48. The molecule has 1 aliphatic rings. The number of likely N-dealkylation sites (tertiary alicyclic amines) is 1. The van der Waals surface area contributed by atoms with Crippen LogP contribution in [0.15, 0.2) is 48.1 Å². The highest BCUT2D eigenvalue weighted by atomic mass is 32.1. The van der Waals surface area contributed by atoms with Crippen LogP contribution in [0.3, 0.4) is 0 Å². The van der Waals surface area contributed by atoms with Gasteiger partial charge in [0.1, 0.15) is 10.7 Å². The minimum absolute atomic E-state index is 0.270. The third-order valence-corrected chi connectivity index (χ3v) is 6.54.